The number of ether oxygens (including phenoxy) is 1. The quantitative estimate of drug-likeness (QED) is 0.856. The first kappa shape index (κ1) is 10.4. The van der Waals surface area contributed by atoms with Crippen molar-refractivity contribution in [3.05, 3.63) is 18.6 Å². The molecule has 0 bridgehead atoms. The van der Waals surface area contributed by atoms with Crippen LogP contribution in [0.2, 0.25) is 0 Å². The Bertz CT molecular complexity index is 518. The van der Waals surface area contributed by atoms with Gasteiger partial charge in [-0.25, -0.2) is 4.98 Å². The standard InChI is InChI=1S/C12H16N4O/c1-13-10-8-16-6-5-14-11(16)12(15-10)17-7-4-9-2-3-9/h5-6,8-9,13H,2-4,7H2,1H3. The van der Waals surface area contributed by atoms with E-state index in [4.69, 9.17) is 4.74 Å². The summed E-state index contributed by atoms with van der Waals surface area (Å²) in [4.78, 5) is 8.65. The smallest absolute Gasteiger partial charge is 0.260 e. The fourth-order valence-corrected chi connectivity index (χ4v) is 1.85. The lowest BCUT2D eigenvalue weighted by Gasteiger charge is -2.08. The number of hydrogen-bond donors (Lipinski definition) is 1. The molecule has 0 spiro atoms. The predicted octanol–water partition coefficient (Wildman–Crippen LogP) is 1.95. The summed E-state index contributed by atoms with van der Waals surface area (Å²) >= 11 is 0. The summed E-state index contributed by atoms with van der Waals surface area (Å²) in [5.74, 6) is 2.28. The van der Waals surface area contributed by atoms with Crippen molar-refractivity contribution in [2.24, 2.45) is 5.92 Å². The van der Waals surface area contributed by atoms with Gasteiger partial charge in [-0.2, -0.15) is 4.98 Å². The maximum Gasteiger partial charge on any atom is 0.260 e. The molecule has 2 aromatic rings. The molecule has 0 saturated heterocycles. The molecule has 1 N–H and O–H groups in total. The van der Waals surface area contributed by atoms with Crippen LogP contribution in [0, 0.1) is 5.92 Å². The van der Waals surface area contributed by atoms with Crippen LogP contribution in [-0.2, 0) is 0 Å². The van der Waals surface area contributed by atoms with E-state index in [0.717, 1.165) is 30.4 Å². The van der Waals surface area contributed by atoms with Gasteiger partial charge >= 0.3 is 0 Å². The molecule has 0 aromatic carbocycles. The molecule has 0 amide bonds. The van der Waals surface area contributed by atoms with E-state index in [2.05, 4.69) is 15.3 Å². The average Bonchev–Trinajstić information content (AvgIpc) is 3.04. The Morgan fingerprint density at radius 3 is 3.18 bits per heavy atom. The highest BCUT2D eigenvalue weighted by Crippen LogP contribution is 2.32. The molecule has 0 aliphatic heterocycles. The summed E-state index contributed by atoms with van der Waals surface area (Å²) in [5.41, 5.74) is 0.778. The highest BCUT2D eigenvalue weighted by Gasteiger charge is 2.21. The van der Waals surface area contributed by atoms with Gasteiger partial charge in [-0.1, -0.05) is 12.8 Å². The van der Waals surface area contributed by atoms with Crippen molar-refractivity contribution in [1.82, 2.24) is 14.4 Å². The zero-order chi connectivity index (χ0) is 11.7. The third kappa shape index (κ3) is 2.18. The fourth-order valence-electron chi connectivity index (χ4n) is 1.85. The molecule has 2 heterocycles. The van der Waals surface area contributed by atoms with Crippen LogP contribution in [0.1, 0.15) is 19.3 Å². The number of anilines is 1. The minimum absolute atomic E-state index is 0.613. The van der Waals surface area contributed by atoms with Gasteiger partial charge in [0.2, 0.25) is 5.65 Å². The van der Waals surface area contributed by atoms with Crippen molar-refractivity contribution in [2.75, 3.05) is 19.0 Å². The molecular weight excluding hydrogens is 216 g/mol. The van der Waals surface area contributed by atoms with Crippen molar-refractivity contribution >= 4 is 11.5 Å². The Kier molecular flexibility index (Phi) is 2.59. The normalized spacial score (nSPS) is 15.1. The summed E-state index contributed by atoms with van der Waals surface area (Å²) in [7, 11) is 1.85. The molecule has 90 valence electrons. The Morgan fingerprint density at radius 1 is 1.53 bits per heavy atom. The maximum absolute atomic E-state index is 5.74. The van der Waals surface area contributed by atoms with Gasteiger partial charge < -0.3 is 10.1 Å². The zero-order valence-corrected chi connectivity index (χ0v) is 9.89. The Balaban J connectivity index is 1.81. The highest BCUT2D eigenvalue weighted by molar-refractivity contribution is 5.53. The van der Waals surface area contributed by atoms with Gasteiger partial charge in [0.25, 0.3) is 5.88 Å². The third-order valence-electron chi connectivity index (χ3n) is 3.06. The second-order valence-electron chi connectivity index (χ2n) is 4.42. The first-order valence-corrected chi connectivity index (χ1v) is 6.01. The van der Waals surface area contributed by atoms with Crippen molar-refractivity contribution < 1.29 is 4.74 Å². The molecule has 0 unspecified atom stereocenters. The van der Waals surface area contributed by atoms with Gasteiger partial charge in [-0.15, -0.1) is 0 Å². The van der Waals surface area contributed by atoms with Crippen LogP contribution in [0.5, 0.6) is 5.88 Å². The molecule has 1 aliphatic carbocycles. The molecule has 3 rings (SSSR count). The molecule has 2 aromatic heterocycles. The predicted molar refractivity (Wildman–Crippen MR) is 65.4 cm³/mol. The van der Waals surface area contributed by atoms with Gasteiger partial charge in [0, 0.05) is 19.4 Å². The summed E-state index contributed by atoms with van der Waals surface area (Å²) in [6.07, 6.45) is 9.38. The van der Waals surface area contributed by atoms with Crippen LogP contribution in [0.25, 0.3) is 5.65 Å². The van der Waals surface area contributed by atoms with Gasteiger partial charge in [-0.3, -0.25) is 4.40 Å². The van der Waals surface area contributed by atoms with Crippen molar-refractivity contribution in [3.63, 3.8) is 0 Å². The number of rotatable bonds is 5. The second kappa shape index (κ2) is 4.24. The summed E-state index contributed by atoms with van der Waals surface area (Å²) < 4.78 is 7.66. The highest BCUT2D eigenvalue weighted by atomic mass is 16.5. The van der Waals surface area contributed by atoms with Crippen molar-refractivity contribution in [1.29, 1.82) is 0 Å². The largest absolute Gasteiger partial charge is 0.475 e. The van der Waals surface area contributed by atoms with Crippen LogP contribution >= 0.6 is 0 Å². The summed E-state index contributed by atoms with van der Waals surface area (Å²) in [6.45, 7) is 0.730. The number of hydrogen-bond acceptors (Lipinski definition) is 4. The molecule has 0 atom stereocenters. The van der Waals surface area contributed by atoms with E-state index in [0.29, 0.717) is 5.88 Å². The van der Waals surface area contributed by atoms with Crippen LogP contribution < -0.4 is 10.1 Å². The Hall–Kier alpha value is -1.78. The monoisotopic (exact) mass is 232 g/mol. The van der Waals surface area contributed by atoms with Gasteiger partial charge in [0.1, 0.15) is 5.82 Å². The molecule has 1 aliphatic rings. The number of fused-ring (bicyclic) bond motifs is 1. The minimum Gasteiger partial charge on any atom is -0.475 e. The third-order valence-corrected chi connectivity index (χ3v) is 3.06. The first-order valence-electron chi connectivity index (χ1n) is 6.01. The second-order valence-corrected chi connectivity index (χ2v) is 4.42. The summed E-state index contributed by atoms with van der Waals surface area (Å²) in [5, 5.41) is 3.02. The fraction of sp³-hybridized carbons (Fsp3) is 0.500. The average molecular weight is 232 g/mol. The molecule has 17 heavy (non-hydrogen) atoms. The van der Waals surface area contributed by atoms with E-state index < -0.39 is 0 Å². The van der Waals surface area contributed by atoms with E-state index in [1.807, 2.05) is 23.8 Å². The summed E-state index contributed by atoms with van der Waals surface area (Å²) in [6, 6.07) is 0. The minimum atomic E-state index is 0.613. The van der Waals surface area contributed by atoms with Gasteiger partial charge in [0.15, 0.2) is 0 Å². The molecule has 0 radical (unpaired) electrons. The Labute approximate surface area is 99.8 Å². The van der Waals surface area contributed by atoms with Crippen LogP contribution in [0.15, 0.2) is 18.6 Å². The first-order chi connectivity index (χ1) is 8.36. The van der Waals surface area contributed by atoms with E-state index in [1.165, 1.54) is 12.8 Å². The topological polar surface area (TPSA) is 51.5 Å². The van der Waals surface area contributed by atoms with Crippen LogP contribution in [0.3, 0.4) is 0 Å². The number of imidazole rings is 1. The lowest BCUT2D eigenvalue weighted by atomic mass is 10.3. The Morgan fingerprint density at radius 2 is 2.41 bits per heavy atom. The molecule has 1 saturated carbocycles. The lowest BCUT2D eigenvalue weighted by molar-refractivity contribution is 0.293. The van der Waals surface area contributed by atoms with Crippen LogP contribution in [0.4, 0.5) is 5.82 Å². The van der Waals surface area contributed by atoms with E-state index in [-0.39, 0.29) is 0 Å². The van der Waals surface area contributed by atoms with E-state index in [9.17, 15) is 0 Å². The molecule has 5 nitrogen and oxygen atoms in total. The SMILES string of the molecule is CNc1cn2ccnc2c(OCCC2CC2)n1. The molecule has 1 fully saturated rings. The molecule has 5 heteroatoms. The number of nitrogens with zero attached hydrogens (tertiary/aromatic N) is 3. The van der Waals surface area contributed by atoms with Crippen molar-refractivity contribution in [3.8, 4) is 5.88 Å². The van der Waals surface area contributed by atoms with E-state index in [1.54, 1.807) is 6.20 Å². The van der Waals surface area contributed by atoms with Gasteiger partial charge in [-0.05, 0) is 12.3 Å². The lowest BCUT2D eigenvalue weighted by Crippen LogP contribution is -2.04. The maximum atomic E-state index is 5.74. The van der Waals surface area contributed by atoms with E-state index >= 15 is 0 Å². The van der Waals surface area contributed by atoms with Gasteiger partial charge in [0.05, 0.1) is 12.8 Å². The number of aromatic nitrogens is 3. The van der Waals surface area contributed by atoms with Crippen LogP contribution in [-0.4, -0.2) is 28.0 Å². The molecular formula is C12H16N4O. The zero-order valence-electron chi connectivity index (χ0n) is 9.89. The van der Waals surface area contributed by atoms with Crippen molar-refractivity contribution in [2.45, 2.75) is 19.3 Å². The number of nitrogens with one attached hydrogen (secondary N) is 1.